The summed E-state index contributed by atoms with van der Waals surface area (Å²) in [5, 5.41) is 3.55. The smallest absolute Gasteiger partial charge is 0.333 e. The Morgan fingerprint density at radius 3 is 2.14 bits per heavy atom. The van der Waals surface area contributed by atoms with E-state index in [1.54, 1.807) is 66.7 Å². The van der Waals surface area contributed by atoms with Crippen molar-refractivity contribution in [3.8, 4) is 0 Å². The number of nitrogens with one attached hydrogen (secondary N) is 1. The van der Waals surface area contributed by atoms with Crippen LogP contribution in [-0.4, -0.2) is 11.9 Å². The highest BCUT2D eigenvalue weighted by Crippen LogP contribution is 2.23. The summed E-state index contributed by atoms with van der Waals surface area (Å²) in [4.78, 5) is 25.3. The second-order valence-corrected chi connectivity index (χ2v) is 6.85. The van der Waals surface area contributed by atoms with Crippen LogP contribution in [0.3, 0.4) is 0 Å². The van der Waals surface area contributed by atoms with Crippen molar-refractivity contribution < 1.29 is 14.3 Å². The van der Waals surface area contributed by atoms with Gasteiger partial charge in [0.25, 0.3) is 5.91 Å². The fraction of sp³-hybridized carbons (Fsp3) is 0.0909. The summed E-state index contributed by atoms with van der Waals surface area (Å²) < 4.78 is 5.42. The summed E-state index contributed by atoms with van der Waals surface area (Å²) in [6.45, 7) is 0.0142. The first-order valence-electron chi connectivity index (χ1n) is 8.56. The third-order valence-corrected chi connectivity index (χ3v) is 4.78. The molecule has 0 aliphatic carbocycles. The zero-order valence-corrected chi connectivity index (χ0v) is 16.3. The molecule has 0 aromatic heterocycles. The van der Waals surface area contributed by atoms with Crippen LogP contribution >= 0.6 is 23.2 Å². The van der Waals surface area contributed by atoms with Crippen LogP contribution in [0.5, 0.6) is 0 Å². The Labute approximate surface area is 173 Å². The quantitative estimate of drug-likeness (QED) is 0.564. The third-order valence-electron chi connectivity index (χ3n) is 4.05. The largest absolute Gasteiger partial charge is 0.459 e. The topological polar surface area (TPSA) is 55.4 Å². The van der Waals surface area contributed by atoms with Crippen molar-refractivity contribution in [3.05, 3.63) is 106 Å². The molecule has 3 aromatic rings. The summed E-state index contributed by atoms with van der Waals surface area (Å²) in [7, 11) is 0. The van der Waals surface area contributed by atoms with Gasteiger partial charge in [0, 0.05) is 5.56 Å². The van der Waals surface area contributed by atoms with E-state index in [0.717, 1.165) is 0 Å². The molecule has 0 spiro atoms. The Balaban J connectivity index is 1.75. The fourth-order valence-electron chi connectivity index (χ4n) is 2.59. The van der Waals surface area contributed by atoms with Crippen LogP contribution in [0, 0.1) is 0 Å². The number of carbonyl (C=O) groups is 2. The lowest BCUT2D eigenvalue weighted by Gasteiger charge is -2.18. The van der Waals surface area contributed by atoms with Crippen molar-refractivity contribution >= 4 is 35.1 Å². The number of carbonyl (C=O) groups excluding carboxylic acids is 2. The van der Waals surface area contributed by atoms with Crippen molar-refractivity contribution in [1.29, 1.82) is 0 Å². The van der Waals surface area contributed by atoms with E-state index in [1.165, 1.54) is 0 Å². The number of halogens is 2. The molecular weight excluding hydrogens is 397 g/mol. The maximum atomic E-state index is 12.7. The van der Waals surface area contributed by atoms with E-state index in [9.17, 15) is 9.59 Å². The van der Waals surface area contributed by atoms with Crippen LogP contribution in [0.4, 0.5) is 0 Å². The first-order valence-corrected chi connectivity index (χ1v) is 9.31. The molecule has 3 rings (SSSR count). The zero-order valence-electron chi connectivity index (χ0n) is 14.8. The minimum Gasteiger partial charge on any atom is -0.459 e. The van der Waals surface area contributed by atoms with Gasteiger partial charge in [-0.2, -0.15) is 0 Å². The predicted molar refractivity (Wildman–Crippen MR) is 109 cm³/mol. The molecule has 0 saturated carbocycles. The van der Waals surface area contributed by atoms with Crippen molar-refractivity contribution in [3.63, 3.8) is 0 Å². The molecule has 0 heterocycles. The summed E-state index contributed by atoms with van der Waals surface area (Å²) >= 11 is 11.9. The highest BCUT2D eigenvalue weighted by Gasteiger charge is 2.24. The van der Waals surface area contributed by atoms with Crippen LogP contribution in [0.2, 0.25) is 10.0 Å². The first kappa shape index (κ1) is 19.9. The molecule has 0 bridgehead atoms. The maximum absolute atomic E-state index is 12.7. The Hall–Kier alpha value is -2.82. The molecule has 1 unspecified atom stereocenters. The van der Waals surface area contributed by atoms with Gasteiger partial charge in [-0.1, -0.05) is 77.8 Å². The standard InChI is InChI=1S/C22H17Cl2NO3/c23-18-12-11-15(13-19(18)24)14-28-22(27)20(16-7-3-1-4-8-16)25-21(26)17-9-5-2-6-10-17/h1-13,20H,14H2,(H,25,26). The van der Waals surface area contributed by atoms with Crippen molar-refractivity contribution in [1.82, 2.24) is 5.32 Å². The average molecular weight is 414 g/mol. The van der Waals surface area contributed by atoms with Gasteiger partial charge in [0.05, 0.1) is 10.0 Å². The lowest BCUT2D eigenvalue weighted by Crippen LogP contribution is -2.34. The number of ether oxygens (including phenoxy) is 1. The second-order valence-electron chi connectivity index (χ2n) is 6.04. The molecule has 28 heavy (non-hydrogen) atoms. The molecule has 1 amide bonds. The highest BCUT2D eigenvalue weighted by atomic mass is 35.5. The van der Waals surface area contributed by atoms with E-state index in [0.29, 0.717) is 26.7 Å². The Morgan fingerprint density at radius 2 is 1.50 bits per heavy atom. The lowest BCUT2D eigenvalue weighted by atomic mass is 10.1. The van der Waals surface area contributed by atoms with Crippen LogP contribution in [0.1, 0.15) is 27.5 Å². The van der Waals surface area contributed by atoms with Crippen LogP contribution < -0.4 is 5.32 Å². The van der Waals surface area contributed by atoms with Gasteiger partial charge in [0.1, 0.15) is 6.61 Å². The molecule has 6 heteroatoms. The molecular formula is C22H17Cl2NO3. The summed E-state index contributed by atoms with van der Waals surface area (Å²) in [6, 6.07) is 21.7. The minimum absolute atomic E-state index is 0.0142. The molecule has 0 fully saturated rings. The second kappa shape index (κ2) is 9.40. The van der Waals surface area contributed by atoms with Gasteiger partial charge in [-0.15, -0.1) is 0 Å². The maximum Gasteiger partial charge on any atom is 0.333 e. The first-order chi connectivity index (χ1) is 13.5. The number of esters is 1. The van der Waals surface area contributed by atoms with E-state index in [1.807, 2.05) is 12.1 Å². The third kappa shape index (κ3) is 5.12. The summed E-state index contributed by atoms with van der Waals surface area (Å²) in [5.41, 5.74) is 1.79. The molecule has 1 atom stereocenters. The molecule has 142 valence electrons. The zero-order chi connectivity index (χ0) is 19.9. The minimum atomic E-state index is -0.934. The van der Waals surface area contributed by atoms with Gasteiger partial charge in [-0.25, -0.2) is 4.79 Å². The normalized spacial score (nSPS) is 11.5. The number of amides is 1. The lowest BCUT2D eigenvalue weighted by molar-refractivity contribution is -0.147. The van der Waals surface area contributed by atoms with Crippen LogP contribution in [-0.2, 0) is 16.1 Å². The Bertz CT molecular complexity index is 962. The molecule has 4 nitrogen and oxygen atoms in total. The van der Waals surface area contributed by atoms with Gasteiger partial charge < -0.3 is 10.1 Å². The monoisotopic (exact) mass is 413 g/mol. The van der Waals surface area contributed by atoms with Crippen molar-refractivity contribution in [2.24, 2.45) is 0 Å². The van der Waals surface area contributed by atoms with Gasteiger partial charge in [-0.05, 0) is 35.4 Å². The van der Waals surface area contributed by atoms with Crippen LogP contribution in [0.25, 0.3) is 0 Å². The van der Waals surface area contributed by atoms with E-state index in [2.05, 4.69) is 5.32 Å². The van der Waals surface area contributed by atoms with E-state index >= 15 is 0 Å². The molecule has 0 aliphatic heterocycles. The van der Waals surface area contributed by atoms with E-state index in [4.69, 9.17) is 27.9 Å². The summed E-state index contributed by atoms with van der Waals surface area (Å²) in [5.74, 6) is -0.928. The number of rotatable bonds is 6. The molecule has 0 saturated heterocycles. The number of hydrogen-bond acceptors (Lipinski definition) is 3. The van der Waals surface area contributed by atoms with E-state index < -0.39 is 12.0 Å². The van der Waals surface area contributed by atoms with Crippen molar-refractivity contribution in [2.45, 2.75) is 12.6 Å². The molecule has 3 aromatic carbocycles. The summed E-state index contributed by atoms with van der Waals surface area (Å²) in [6.07, 6.45) is 0. The van der Waals surface area contributed by atoms with Gasteiger partial charge in [-0.3, -0.25) is 4.79 Å². The van der Waals surface area contributed by atoms with Gasteiger partial charge >= 0.3 is 5.97 Å². The number of benzene rings is 3. The van der Waals surface area contributed by atoms with Crippen molar-refractivity contribution in [2.75, 3.05) is 0 Å². The Morgan fingerprint density at radius 1 is 0.857 bits per heavy atom. The number of hydrogen-bond donors (Lipinski definition) is 1. The fourth-order valence-corrected chi connectivity index (χ4v) is 2.92. The molecule has 1 N–H and O–H groups in total. The van der Waals surface area contributed by atoms with E-state index in [-0.39, 0.29) is 12.5 Å². The van der Waals surface area contributed by atoms with Crippen LogP contribution in [0.15, 0.2) is 78.9 Å². The SMILES string of the molecule is O=C(NC(C(=O)OCc1ccc(Cl)c(Cl)c1)c1ccccc1)c1ccccc1. The highest BCUT2D eigenvalue weighted by molar-refractivity contribution is 6.42. The average Bonchev–Trinajstić information content (AvgIpc) is 2.73. The molecule has 0 radical (unpaired) electrons. The molecule has 0 aliphatic rings. The Kier molecular flexibility index (Phi) is 6.69. The van der Waals surface area contributed by atoms with Gasteiger partial charge in [0.2, 0.25) is 0 Å². The van der Waals surface area contributed by atoms with Gasteiger partial charge in [0.15, 0.2) is 6.04 Å². The predicted octanol–water partition coefficient (Wildman–Crippen LogP) is 5.21.